The molecule has 3 aromatic rings. The third-order valence-electron chi connectivity index (χ3n) is 5.78. The van der Waals surface area contributed by atoms with Crippen molar-refractivity contribution in [2.45, 2.75) is 19.4 Å². The Balaban J connectivity index is 1.77. The molecule has 2 aromatic carbocycles. The topological polar surface area (TPSA) is 89.2 Å². The summed E-state index contributed by atoms with van der Waals surface area (Å²) in [7, 11) is 2.95. The Morgan fingerprint density at radius 2 is 1.74 bits per heavy atom. The molecule has 0 bridgehead atoms. The Hall–Kier alpha value is -4.07. The van der Waals surface area contributed by atoms with Crippen LogP contribution in [-0.2, 0) is 16.0 Å². The number of hydrogen-bond acceptors (Lipinski definition) is 6. The number of amides is 1. The number of benzene rings is 2. The number of ether oxygens (including phenoxy) is 2. The second-order valence-corrected chi connectivity index (χ2v) is 7.89. The van der Waals surface area contributed by atoms with Crippen molar-refractivity contribution < 1.29 is 33.0 Å². The van der Waals surface area contributed by atoms with Crippen LogP contribution in [0, 0.1) is 12.7 Å². The Labute approximate surface area is 196 Å². The van der Waals surface area contributed by atoms with Gasteiger partial charge in [-0.15, -0.1) is 0 Å². The molecule has 1 saturated heterocycles. The second-order valence-electron chi connectivity index (χ2n) is 7.89. The lowest BCUT2D eigenvalue weighted by Crippen LogP contribution is -2.31. The molecule has 4 rings (SSSR count). The zero-order chi connectivity index (χ0) is 24.4. The van der Waals surface area contributed by atoms with Gasteiger partial charge >= 0.3 is 0 Å². The number of rotatable bonds is 7. The van der Waals surface area contributed by atoms with E-state index in [-0.39, 0.29) is 23.7 Å². The summed E-state index contributed by atoms with van der Waals surface area (Å²) in [5.74, 6) is -0.482. The first-order valence-electron chi connectivity index (χ1n) is 10.7. The van der Waals surface area contributed by atoms with Gasteiger partial charge in [-0.2, -0.15) is 0 Å². The highest BCUT2D eigenvalue weighted by atomic mass is 19.1. The summed E-state index contributed by atoms with van der Waals surface area (Å²) >= 11 is 0. The minimum atomic E-state index is -0.915. The van der Waals surface area contributed by atoms with E-state index in [1.54, 1.807) is 43.3 Å². The third-order valence-corrected chi connectivity index (χ3v) is 5.78. The predicted molar refractivity (Wildman–Crippen MR) is 122 cm³/mol. The molecule has 1 amide bonds. The van der Waals surface area contributed by atoms with Gasteiger partial charge in [0.05, 0.1) is 19.8 Å². The summed E-state index contributed by atoms with van der Waals surface area (Å²) in [6.07, 6.45) is 0.389. The molecular formula is C26H24FNO6. The molecule has 1 atom stereocenters. The Morgan fingerprint density at radius 3 is 2.35 bits per heavy atom. The third kappa shape index (κ3) is 4.26. The van der Waals surface area contributed by atoms with Gasteiger partial charge in [-0.1, -0.05) is 12.1 Å². The molecule has 1 fully saturated rings. The summed E-state index contributed by atoms with van der Waals surface area (Å²) in [5, 5.41) is 11.2. The first-order valence-corrected chi connectivity index (χ1v) is 10.7. The lowest BCUT2D eigenvalue weighted by Gasteiger charge is -2.23. The second kappa shape index (κ2) is 9.43. The molecule has 1 aromatic heterocycles. The molecule has 0 spiro atoms. The number of nitrogens with zero attached hydrogens (tertiary/aromatic N) is 1. The van der Waals surface area contributed by atoms with Gasteiger partial charge in [0.2, 0.25) is 0 Å². The molecule has 1 aliphatic rings. The van der Waals surface area contributed by atoms with Crippen LogP contribution in [-0.4, -0.2) is 42.5 Å². The number of halogens is 1. The number of hydrogen-bond donors (Lipinski definition) is 1. The molecular weight excluding hydrogens is 441 g/mol. The molecule has 1 aliphatic heterocycles. The maximum atomic E-state index is 13.3. The van der Waals surface area contributed by atoms with E-state index in [0.717, 1.165) is 5.56 Å². The maximum absolute atomic E-state index is 13.3. The zero-order valence-electron chi connectivity index (χ0n) is 19.0. The van der Waals surface area contributed by atoms with Gasteiger partial charge in [-0.25, -0.2) is 4.39 Å². The predicted octanol–water partition coefficient (Wildman–Crippen LogP) is 4.41. The number of aliphatic hydroxyl groups excluding tert-OH is 1. The molecule has 0 aliphatic carbocycles. The van der Waals surface area contributed by atoms with Crippen molar-refractivity contribution >= 4 is 17.4 Å². The lowest BCUT2D eigenvalue weighted by atomic mass is 9.99. The molecule has 34 heavy (non-hydrogen) atoms. The van der Waals surface area contributed by atoms with E-state index in [0.29, 0.717) is 35.0 Å². The van der Waals surface area contributed by atoms with Gasteiger partial charge in [0.15, 0.2) is 11.5 Å². The first kappa shape index (κ1) is 23.1. The van der Waals surface area contributed by atoms with E-state index in [4.69, 9.17) is 13.9 Å². The van der Waals surface area contributed by atoms with Gasteiger partial charge in [0.25, 0.3) is 11.7 Å². The minimum absolute atomic E-state index is 0.0781. The average Bonchev–Trinajstić information content (AvgIpc) is 3.38. The summed E-state index contributed by atoms with van der Waals surface area (Å²) in [6.45, 7) is 1.92. The van der Waals surface area contributed by atoms with Gasteiger partial charge in [0.1, 0.15) is 29.1 Å². The summed E-state index contributed by atoms with van der Waals surface area (Å²) < 4.78 is 29.6. The van der Waals surface area contributed by atoms with E-state index in [1.165, 1.54) is 37.3 Å². The van der Waals surface area contributed by atoms with E-state index in [2.05, 4.69) is 0 Å². The fourth-order valence-corrected chi connectivity index (χ4v) is 4.05. The molecule has 1 unspecified atom stereocenters. The fourth-order valence-electron chi connectivity index (χ4n) is 4.05. The molecule has 2 heterocycles. The van der Waals surface area contributed by atoms with Crippen LogP contribution in [0.2, 0.25) is 0 Å². The minimum Gasteiger partial charge on any atom is -0.507 e. The molecule has 0 radical (unpaired) electrons. The number of methoxy groups -OCH3 is 2. The number of furan rings is 1. The van der Waals surface area contributed by atoms with Crippen LogP contribution in [0.5, 0.6) is 11.5 Å². The van der Waals surface area contributed by atoms with Crippen molar-refractivity contribution in [1.29, 1.82) is 0 Å². The molecule has 8 heteroatoms. The van der Waals surface area contributed by atoms with Crippen molar-refractivity contribution in [1.82, 2.24) is 4.90 Å². The van der Waals surface area contributed by atoms with Crippen LogP contribution < -0.4 is 9.47 Å². The van der Waals surface area contributed by atoms with Crippen LogP contribution in [0.3, 0.4) is 0 Å². The smallest absolute Gasteiger partial charge is 0.295 e. The van der Waals surface area contributed by atoms with Gasteiger partial charge in [0, 0.05) is 12.1 Å². The monoisotopic (exact) mass is 465 g/mol. The Kier molecular flexibility index (Phi) is 6.40. The number of likely N-dealkylation sites (tertiary alicyclic amines) is 1. The number of aryl methyl sites for hydroxylation is 1. The lowest BCUT2D eigenvalue weighted by molar-refractivity contribution is -0.140. The number of ketones is 1. The van der Waals surface area contributed by atoms with Gasteiger partial charge in [-0.05, 0) is 61.4 Å². The van der Waals surface area contributed by atoms with E-state index >= 15 is 0 Å². The average molecular weight is 465 g/mol. The van der Waals surface area contributed by atoms with Gasteiger partial charge in [-0.3, -0.25) is 9.59 Å². The van der Waals surface area contributed by atoms with Crippen LogP contribution >= 0.6 is 0 Å². The number of aliphatic hydroxyl groups is 1. The standard InChI is InChI=1S/C26H24FNO6/c1-15-4-10-20(34-15)23-22(24(29)17-7-11-19(32-2)21(14-17)33-3)25(30)26(31)28(23)13-12-16-5-8-18(27)9-6-16/h4-11,14,23,29H,12-13H2,1-3H3/b24-22-. The zero-order valence-corrected chi connectivity index (χ0v) is 19.0. The maximum Gasteiger partial charge on any atom is 0.295 e. The molecule has 176 valence electrons. The highest BCUT2D eigenvalue weighted by Crippen LogP contribution is 2.41. The number of carbonyl (C=O) groups is 2. The molecule has 0 saturated carbocycles. The molecule has 7 nitrogen and oxygen atoms in total. The number of carbonyl (C=O) groups excluding carboxylic acids is 2. The normalized spacial score (nSPS) is 17.3. The highest BCUT2D eigenvalue weighted by molar-refractivity contribution is 6.46. The van der Waals surface area contributed by atoms with E-state index < -0.39 is 17.7 Å². The molecule has 1 N–H and O–H groups in total. The van der Waals surface area contributed by atoms with E-state index in [9.17, 15) is 19.1 Å². The van der Waals surface area contributed by atoms with Crippen molar-refractivity contribution in [3.63, 3.8) is 0 Å². The highest BCUT2D eigenvalue weighted by Gasteiger charge is 2.47. The Bertz CT molecular complexity index is 1260. The van der Waals surface area contributed by atoms with Crippen molar-refractivity contribution in [3.05, 3.63) is 88.6 Å². The van der Waals surface area contributed by atoms with Crippen molar-refractivity contribution in [2.24, 2.45) is 0 Å². The largest absolute Gasteiger partial charge is 0.507 e. The van der Waals surface area contributed by atoms with E-state index in [1.807, 2.05) is 0 Å². The Morgan fingerprint density at radius 1 is 1.03 bits per heavy atom. The van der Waals surface area contributed by atoms with Crippen LogP contribution in [0.15, 0.2) is 64.6 Å². The summed E-state index contributed by atoms with van der Waals surface area (Å²) in [4.78, 5) is 27.5. The quantitative estimate of drug-likeness (QED) is 0.316. The van der Waals surface area contributed by atoms with Crippen LogP contribution in [0.1, 0.15) is 28.7 Å². The SMILES string of the molecule is COc1ccc(/C(O)=C2/C(=O)C(=O)N(CCc3ccc(F)cc3)C2c2ccc(C)o2)cc1OC. The van der Waals surface area contributed by atoms with Crippen LogP contribution in [0.4, 0.5) is 4.39 Å². The summed E-state index contributed by atoms with van der Waals surface area (Å²) in [6, 6.07) is 13.1. The van der Waals surface area contributed by atoms with Gasteiger partial charge < -0.3 is 23.9 Å². The van der Waals surface area contributed by atoms with Crippen molar-refractivity contribution in [3.8, 4) is 11.5 Å². The first-order chi connectivity index (χ1) is 16.3. The number of Topliss-reactive ketones (excluding diaryl/α,β-unsaturated/α-hetero) is 1. The van der Waals surface area contributed by atoms with Crippen molar-refractivity contribution in [2.75, 3.05) is 20.8 Å². The summed E-state index contributed by atoms with van der Waals surface area (Å²) in [5.41, 5.74) is 1.02. The fraction of sp³-hybridized carbons (Fsp3) is 0.231. The van der Waals surface area contributed by atoms with Crippen LogP contribution in [0.25, 0.3) is 5.76 Å².